The quantitative estimate of drug-likeness (QED) is 0.744. The summed E-state index contributed by atoms with van der Waals surface area (Å²) in [6.45, 7) is 7.49. The number of nitrogens with one attached hydrogen (secondary N) is 1. The second-order valence-corrected chi connectivity index (χ2v) is 7.18. The van der Waals surface area contributed by atoms with Gasteiger partial charge in [0.25, 0.3) is 0 Å². The Morgan fingerprint density at radius 3 is 2.80 bits per heavy atom. The van der Waals surface area contributed by atoms with E-state index in [2.05, 4.69) is 28.5 Å². The Hall–Kier alpha value is -1.14. The molecule has 2 heterocycles. The van der Waals surface area contributed by atoms with Crippen molar-refractivity contribution in [2.45, 2.75) is 40.0 Å². The molecule has 2 aromatic heterocycles. The molecule has 0 fully saturated rings. The number of rotatable bonds is 7. The van der Waals surface area contributed by atoms with E-state index >= 15 is 0 Å². The van der Waals surface area contributed by atoms with Crippen LogP contribution in [0.1, 0.15) is 38.1 Å². The fraction of sp³-hybridized carbons (Fsp3) is 0.571. The van der Waals surface area contributed by atoms with Crippen LogP contribution in [-0.2, 0) is 0 Å². The van der Waals surface area contributed by atoms with Gasteiger partial charge in [-0.15, -0.1) is 11.3 Å². The zero-order valence-corrected chi connectivity index (χ0v) is 13.9. The van der Waals surface area contributed by atoms with Crippen LogP contribution in [0.25, 0.3) is 11.3 Å². The molecule has 2 rings (SSSR count). The minimum atomic E-state index is 0.574. The molecule has 4 nitrogen and oxygen atoms in total. The van der Waals surface area contributed by atoms with Gasteiger partial charge in [-0.05, 0) is 30.8 Å². The molecule has 0 radical (unpaired) electrons. The largest absolute Gasteiger partial charge is 0.382 e. The Balaban J connectivity index is 1.96. The summed E-state index contributed by atoms with van der Waals surface area (Å²) in [5.74, 6) is 1.35. The molecule has 0 saturated carbocycles. The van der Waals surface area contributed by atoms with Crippen molar-refractivity contribution in [3.63, 3.8) is 0 Å². The summed E-state index contributed by atoms with van der Waals surface area (Å²) in [6.07, 6.45) is 3.71. The molecule has 0 aromatic carbocycles. The van der Waals surface area contributed by atoms with Crippen LogP contribution in [0.5, 0.6) is 0 Å². The molecule has 3 N–H and O–H groups in total. The number of aromatic nitrogens is 2. The van der Waals surface area contributed by atoms with Crippen LogP contribution in [0.15, 0.2) is 5.38 Å². The zero-order valence-electron chi connectivity index (χ0n) is 12.3. The molecule has 0 bridgehead atoms. The van der Waals surface area contributed by atoms with Gasteiger partial charge in [-0.25, -0.2) is 4.98 Å². The Morgan fingerprint density at radius 1 is 1.35 bits per heavy atom. The van der Waals surface area contributed by atoms with E-state index in [4.69, 9.17) is 5.73 Å². The predicted molar refractivity (Wildman–Crippen MR) is 89.6 cm³/mol. The fourth-order valence-electron chi connectivity index (χ4n) is 2.03. The van der Waals surface area contributed by atoms with E-state index in [1.54, 1.807) is 11.3 Å². The van der Waals surface area contributed by atoms with Crippen molar-refractivity contribution in [3.8, 4) is 11.3 Å². The first-order valence-corrected chi connectivity index (χ1v) is 8.64. The number of thiazole rings is 1. The van der Waals surface area contributed by atoms with E-state index in [1.807, 2.05) is 12.3 Å². The standard InChI is InChI=1S/C14H22N4S2/c1-9(2)6-4-5-7-16-14-12(13(15)18-20-14)11-8-19-10(3)17-11/h8-9,16H,4-7H2,1-3H3,(H2,15,18). The maximum atomic E-state index is 5.98. The number of aryl methyl sites for hydroxylation is 1. The molecule has 0 amide bonds. The highest BCUT2D eigenvalue weighted by Crippen LogP contribution is 2.37. The van der Waals surface area contributed by atoms with E-state index in [-0.39, 0.29) is 0 Å². The third-order valence-electron chi connectivity index (χ3n) is 3.09. The number of nitrogens with zero attached hydrogens (tertiary/aromatic N) is 2. The molecule has 2 aromatic rings. The average Bonchev–Trinajstić information content (AvgIpc) is 2.95. The van der Waals surface area contributed by atoms with Crippen LogP contribution >= 0.6 is 22.9 Å². The third kappa shape index (κ3) is 3.93. The second-order valence-electron chi connectivity index (χ2n) is 5.34. The molecular weight excluding hydrogens is 288 g/mol. The highest BCUT2D eigenvalue weighted by atomic mass is 32.1. The van der Waals surface area contributed by atoms with Crippen molar-refractivity contribution in [1.29, 1.82) is 0 Å². The van der Waals surface area contributed by atoms with E-state index in [1.165, 1.54) is 30.8 Å². The summed E-state index contributed by atoms with van der Waals surface area (Å²) in [5, 5.41) is 7.59. The normalized spacial score (nSPS) is 11.2. The van der Waals surface area contributed by atoms with Crippen LogP contribution in [0, 0.1) is 12.8 Å². The topological polar surface area (TPSA) is 63.8 Å². The van der Waals surface area contributed by atoms with E-state index in [0.717, 1.165) is 33.7 Å². The van der Waals surface area contributed by atoms with Crippen LogP contribution in [0.2, 0.25) is 0 Å². The lowest BCUT2D eigenvalue weighted by molar-refractivity contribution is 0.545. The lowest BCUT2D eigenvalue weighted by atomic mass is 10.1. The minimum Gasteiger partial charge on any atom is -0.382 e. The first kappa shape index (κ1) is 15.3. The fourth-order valence-corrected chi connectivity index (χ4v) is 3.38. The van der Waals surface area contributed by atoms with Gasteiger partial charge in [0.15, 0.2) is 0 Å². The molecule has 0 spiro atoms. The molecule has 6 heteroatoms. The lowest BCUT2D eigenvalue weighted by Gasteiger charge is -2.07. The van der Waals surface area contributed by atoms with Crippen LogP contribution in [-0.4, -0.2) is 15.9 Å². The second kappa shape index (κ2) is 7.04. The highest BCUT2D eigenvalue weighted by Gasteiger charge is 2.15. The molecule has 0 aliphatic heterocycles. The van der Waals surface area contributed by atoms with Gasteiger partial charge in [0.1, 0.15) is 10.8 Å². The van der Waals surface area contributed by atoms with Crippen molar-refractivity contribution in [2.24, 2.45) is 5.92 Å². The van der Waals surface area contributed by atoms with Crippen LogP contribution < -0.4 is 11.1 Å². The van der Waals surface area contributed by atoms with Crippen LogP contribution in [0.3, 0.4) is 0 Å². The zero-order chi connectivity index (χ0) is 14.5. The maximum Gasteiger partial charge on any atom is 0.148 e. The van der Waals surface area contributed by atoms with Crippen molar-refractivity contribution < 1.29 is 0 Å². The monoisotopic (exact) mass is 310 g/mol. The SMILES string of the molecule is Cc1nc(-c2c(N)nsc2NCCCCC(C)C)cs1. The molecule has 20 heavy (non-hydrogen) atoms. The van der Waals surface area contributed by atoms with Crippen molar-refractivity contribution in [1.82, 2.24) is 9.36 Å². The molecule has 0 atom stereocenters. The number of unbranched alkanes of at least 4 members (excludes halogenated alkanes) is 1. The number of nitrogens with two attached hydrogens (primary N) is 1. The number of anilines is 2. The Morgan fingerprint density at radius 2 is 2.15 bits per heavy atom. The first-order valence-electron chi connectivity index (χ1n) is 6.99. The number of hydrogen-bond donors (Lipinski definition) is 2. The Labute approximate surface area is 128 Å². The summed E-state index contributed by atoms with van der Waals surface area (Å²) in [5.41, 5.74) is 7.87. The first-order chi connectivity index (χ1) is 9.58. The van der Waals surface area contributed by atoms with Gasteiger partial charge in [0.05, 0.1) is 16.3 Å². The van der Waals surface area contributed by atoms with Crippen molar-refractivity contribution >= 4 is 33.7 Å². The van der Waals surface area contributed by atoms with Crippen molar-refractivity contribution in [2.75, 3.05) is 17.6 Å². The molecule has 110 valence electrons. The Kier molecular flexibility index (Phi) is 5.37. The predicted octanol–water partition coefficient (Wildman–Crippen LogP) is 4.40. The Bertz CT molecular complexity index is 545. The molecular formula is C14H22N4S2. The van der Waals surface area contributed by atoms with E-state index < -0.39 is 0 Å². The summed E-state index contributed by atoms with van der Waals surface area (Å²) < 4.78 is 4.25. The molecule has 0 aliphatic rings. The highest BCUT2D eigenvalue weighted by molar-refractivity contribution is 7.11. The van der Waals surface area contributed by atoms with Gasteiger partial charge >= 0.3 is 0 Å². The third-order valence-corrected chi connectivity index (χ3v) is 4.68. The van der Waals surface area contributed by atoms with Gasteiger partial charge in [0, 0.05) is 11.9 Å². The molecule has 0 unspecified atom stereocenters. The van der Waals surface area contributed by atoms with Gasteiger partial charge in [-0.2, -0.15) is 4.37 Å². The minimum absolute atomic E-state index is 0.574. The molecule has 0 aliphatic carbocycles. The summed E-state index contributed by atoms with van der Waals surface area (Å²) in [7, 11) is 0. The maximum absolute atomic E-state index is 5.98. The number of nitrogen functional groups attached to an aromatic ring is 1. The molecule has 0 saturated heterocycles. The average molecular weight is 310 g/mol. The van der Waals surface area contributed by atoms with Gasteiger partial charge < -0.3 is 11.1 Å². The van der Waals surface area contributed by atoms with Gasteiger partial charge in [0.2, 0.25) is 0 Å². The van der Waals surface area contributed by atoms with E-state index in [0.29, 0.717) is 5.82 Å². The number of hydrogen-bond acceptors (Lipinski definition) is 6. The van der Waals surface area contributed by atoms with Crippen LogP contribution in [0.4, 0.5) is 10.8 Å². The van der Waals surface area contributed by atoms with Crippen molar-refractivity contribution in [3.05, 3.63) is 10.4 Å². The smallest absolute Gasteiger partial charge is 0.148 e. The lowest BCUT2D eigenvalue weighted by Crippen LogP contribution is -2.02. The van der Waals surface area contributed by atoms with Gasteiger partial charge in [-0.3, -0.25) is 0 Å². The summed E-state index contributed by atoms with van der Waals surface area (Å²) in [4.78, 5) is 4.51. The summed E-state index contributed by atoms with van der Waals surface area (Å²) in [6, 6.07) is 0. The van der Waals surface area contributed by atoms with Gasteiger partial charge in [-0.1, -0.05) is 26.7 Å². The summed E-state index contributed by atoms with van der Waals surface area (Å²) >= 11 is 3.06. The van der Waals surface area contributed by atoms with E-state index in [9.17, 15) is 0 Å².